The van der Waals surface area contributed by atoms with E-state index in [1.807, 2.05) is 29.1 Å². The van der Waals surface area contributed by atoms with Crippen LogP contribution in [0.1, 0.15) is 48.8 Å². The molecule has 0 saturated carbocycles. The molecule has 0 aliphatic rings. The fourth-order valence-corrected chi connectivity index (χ4v) is 6.46. The molecule has 0 N–H and O–H groups in total. The smallest absolute Gasteiger partial charge is 0.509 e. The SMILES string of the molecule is Cc1ccnc(-n2c3[c-]c(Oc4[c-]c(-n5nc(C)c(-c6ccccc6)c5C)cc(CC(C)(C)C)c4)ccc3c3cc(C)ccc32)c1.[Pt+2]. The van der Waals surface area contributed by atoms with Crippen LogP contribution in [0.4, 0.5) is 0 Å². The average molecular weight is 798 g/mol. The molecule has 0 aliphatic carbocycles. The minimum atomic E-state index is 0. The van der Waals surface area contributed by atoms with E-state index in [-0.39, 0.29) is 26.5 Å². The van der Waals surface area contributed by atoms with Crippen LogP contribution < -0.4 is 4.74 Å². The van der Waals surface area contributed by atoms with Crippen molar-refractivity contribution in [2.75, 3.05) is 0 Å². The summed E-state index contributed by atoms with van der Waals surface area (Å²) < 4.78 is 10.8. The van der Waals surface area contributed by atoms with Gasteiger partial charge >= 0.3 is 21.1 Å². The second-order valence-corrected chi connectivity index (χ2v) is 13.5. The summed E-state index contributed by atoms with van der Waals surface area (Å²) in [4.78, 5) is 4.73. The Morgan fingerprint density at radius 2 is 1.53 bits per heavy atom. The van der Waals surface area contributed by atoms with Gasteiger partial charge in [-0.3, -0.25) is 4.68 Å². The first kappa shape index (κ1) is 32.5. The topological polar surface area (TPSA) is 44.9 Å². The number of nitrogens with zero attached hydrogens (tertiary/aromatic N) is 4. The molecule has 0 bridgehead atoms. The fourth-order valence-electron chi connectivity index (χ4n) is 6.46. The molecule has 0 atom stereocenters. The Morgan fingerprint density at radius 3 is 2.28 bits per heavy atom. The molecule has 0 saturated heterocycles. The van der Waals surface area contributed by atoms with Crippen molar-refractivity contribution in [1.82, 2.24) is 19.3 Å². The first-order chi connectivity index (χ1) is 22.0. The van der Waals surface area contributed by atoms with Crippen LogP contribution in [0.5, 0.6) is 11.5 Å². The summed E-state index contributed by atoms with van der Waals surface area (Å²) in [5.74, 6) is 2.11. The Balaban J connectivity index is 0.00000386. The van der Waals surface area contributed by atoms with E-state index in [0.29, 0.717) is 11.5 Å². The zero-order chi connectivity index (χ0) is 32.2. The largest absolute Gasteiger partial charge is 2.00 e. The third-order valence-electron chi connectivity index (χ3n) is 8.36. The van der Waals surface area contributed by atoms with Crippen LogP contribution in [0.2, 0.25) is 0 Å². The maximum absolute atomic E-state index is 6.61. The zero-order valence-electron chi connectivity index (χ0n) is 27.9. The molecule has 0 unspecified atom stereocenters. The van der Waals surface area contributed by atoms with Crippen molar-refractivity contribution >= 4 is 21.8 Å². The van der Waals surface area contributed by atoms with Crippen molar-refractivity contribution in [2.24, 2.45) is 5.41 Å². The van der Waals surface area contributed by atoms with Crippen molar-refractivity contribution in [1.29, 1.82) is 0 Å². The molecule has 7 aromatic rings. The number of aryl methyl sites for hydroxylation is 3. The van der Waals surface area contributed by atoms with Gasteiger partial charge in [0.15, 0.2) is 0 Å². The van der Waals surface area contributed by atoms with E-state index < -0.39 is 0 Å². The molecule has 3 aromatic heterocycles. The number of hydrogen-bond donors (Lipinski definition) is 0. The second kappa shape index (κ2) is 12.6. The predicted molar refractivity (Wildman–Crippen MR) is 187 cm³/mol. The standard InChI is InChI=1S/C41H38N4O.Pt/c1-26-13-16-37-36(19-26)35-15-14-33(24-38(35)44(37)39-20-27(2)17-18-42-39)46-34-22-30(25-41(5,6)7)21-32(23-34)45-29(4)40(28(3)43-45)31-11-9-8-10-12-31;/h8-22H,25H2,1-7H3;/q-2;+2. The summed E-state index contributed by atoms with van der Waals surface area (Å²) >= 11 is 0. The summed E-state index contributed by atoms with van der Waals surface area (Å²) in [6.45, 7) is 15.2. The Morgan fingerprint density at radius 1 is 0.766 bits per heavy atom. The molecule has 7 rings (SSSR count). The van der Waals surface area contributed by atoms with Gasteiger partial charge in [-0.2, -0.15) is 16.7 Å². The molecular weight excluding hydrogens is 760 g/mol. The van der Waals surface area contributed by atoms with Gasteiger partial charge in [-0.15, -0.1) is 35.7 Å². The number of pyridine rings is 1. The number of benzene rings is 4. The minimum Gasteiger partial charge on any atom is -0.509 e. The number of aromatic nitrogens is 4. The molecule has 4 aromatic carbocycles. The fraction of sp³-hybridized carbons (Fsp3) is 0.220. The summed E-state index contributed by atoms with van der Waals surface area (Å²) in [5.41, 5.74) is 10.8. The van der Waals surface area contributed by atoms with E-state index in [4.69, 9.17) is 14.8 Å². The van der Waals surface area contributed by atoms with Crippen LogP contribution in [0.15, 0.2) is 91.1 Å². The Labute approximate surface area is 291 Å². The van der Waals surface area contributed by atoms with E-state index >= 15 is 0 Å². The predicted octanol–water partition coefficient (Wildman–Crippen LogP) is 10.2. The van der Waals surface area contributed by atoms with E-state index in [2.05, 4.69) is 132 Å². The van der Waals surface area contributed by atoms with Crippen LogP contribution in [0, 0.1) is 45.2 Å². The van der Waals surface area contributed by atoms with Gasteiger partial charge in [0.2, 0.25) is 0 Å². The van der Waals surface area contributed by atoms with Crippen LogP contribution in [0.25, 0.3) is 44.4 Å². The molecule has 47 heavy (non-hydrogen) atoms. The average Bonchev–Trinajstić information content (AvgIpc) is 3.48. The number of ether oxygens (including phenoxy) is 1. The van der Waals surface area contributed by atoms with Crippen LogP contribution in [-0.4, -0.2) is 19.3 Å². The third kappa shape index (κ3) is 6.42. The van der Waals surface area contributed by atoms with Gasteiger partial charge in [0.1, 0.15) is 5.82 Å². The van der Waals surface area contributed by atoms with Gasteiger partial charge in [-0.25, -0.2) is 4.98 Å². The van der Waals surface area contributed by atoms with Crippen molar-refractivity contribution in [2.45, 2.75) is 54.9 Å². The van der Waals surface area contributed by atoms with E-state index in [0.717, 1.165) is 62.4 Å². The van der Waals surface area contributed by atoms with Crippen LogP contribution in [0.3, 0.4) is 0 Å². The quantitative estimate of drug-likeness (QED) is 0.158. The molecule has 0 fully saturated rings. The van der Waals surface area contributed by atoms with Crippen LogP contribution >= 0.6 is 0 Å². The van der Waals surface area contributed by atoms with Crippen molar-refractivity contribution in [3.63, 3.8) is 0 Å². The Kier molecular flexibility index (Phi) is 8.72. The molecule has 6 heteroatoms. The van der Waals surface area contributed by atoms with Crippen LogP contribution in [-0.2, 0) is 27.5 Å². The first-order valence-electron chi connectivity index (χ1n) is 15.8. The monoisotopic (exact) mass is 797 g/mol. The third-order valence-corrected chi connectivity index (χ3v) is 8.36. The second-order valence-electron chi connectivity index (χ2n) is 13.5. The minimum absolute atomic E-state index is 0. The zero-order valence-corrected chi connectivity index (χ0v) is 30.2. The van der Waals surface area contributed by atoms with Gasteiger partial charge in [-0.1, -0.05) is 74.3 Å². The van der Waals surface area contributed by atoms with Gasteiger partial charge in [0.25, 0.3) is 0 Å². The van der Waals surface area contributed by atoms with Gasteiger partial charge in [0.05, 0.1) is 5.69 Å². The van der Waals surface area contributed by atoms with Crippen molar-refractivity contribution in [3.05, 3.63) is 131 Å². The van der Waals surface area contributed by atoms with E-state index in [1.165, 1.54) is 16.5 Å². The molecule has 0 aliphatic heterocycles. The summed E-state index contributed by atoms with van der Waals surface area (Å²) in [5, 5.41) is 7.25. The first-order valence-corrected chi connectivity index (χ1v) is 15.8. The Bertz CT molecular complexity index is 2240. The number of fused-ring (bicyclic) bond motifs is 3. The van der Waals surface area contributed by atoms with Gasteiger partial charge < -0.3 is 9.30 Å². The summed E-state index contributed by atoms with van der Waals surface area (Å²) in [6.07, 6.45) is 2.74. The van der Waals surface area contributed by atoms with Gasteiger partial charge in [0, 0.05) is 34.5 Å². The molecule has 0 amide bonds. The van der Waals surface area contributed by atoms with Crippen molar-refractivity contribution < 1.29 is 25.8 Å². The number of hydrogen-bond acceptors (Lipinski definition) is 3. The van der Waals surface area contributed by atoms with Crippen molar-refractivity contribution in [3.8, 4) is 34.1 Å². The Hall–Kier alpha value is -4.47. The molecule has 5 nitrogen and oxygen atoms in total. The molecule has 0 spiro atoms. The summed E-state index contributed by atoms with van der Waals surface area (Å²) in [7, 11) is 0. The summed E-state index contributed by atoms with van der Waals surface area (Å²) in [6, 6.07) is 36.6. The molecule has 3 heterocycles. The molecule has 0 radical (unpaired) electrons. The van der Waals surface area contributed by atoms with Gasteiger partial charge in [-0.05, 0) is 79.9 Å². The van der Waals surface area contributed by atoms with E-state index in [9.17, 15) is 0 Å². The number of rotatable bonds is 6. The molecular formula is C41H38N4OPt. The normalized spacial score (nSPS) is 11.6. The molecule has 238 valence electrons. The maximum atomic E-state index is 6.61. The van der Waals surface area contributed by atoms with E-state index in [1.54, 1.807) is 0 Å². The maximum Gasteiger partial charge on any atom is 2.00 e.